The van der Waals surface area contributed by atoms with Gasteiger partial charge in [-0.15, -0.1) is 0 Å². The summed E-state index contributed by atoms with van der Waals surface area (Å²) >= 11 is 6.85. The Morgan fingerprint density at radius 2 is 1.90 bits per heavy atom. The molecule has 0 saturated carbocycles. The molecule has 0 atom stereocenters. The molecule has 0 amide bonds. The topological polar surface area (TPSA) is 26.3 Å². The first-order valence-electron chi connectivity index (χ1n) is 6.67. The van der Waals surface area contributed by atoms with E-state index in [-0.39, 0.29) is 11.4 Å². The number of ether oxygens (including phenoxy) is 1. The van der Waals surface area contributed by atoms with Gasteiger partial charge in [0.25, 0.3) is 0 Å². The fraction of sp³-hybridized carbons (Fsp3) is 0.235. The highest BCUT2D eigenvalue weighted by molar-refractivity contribution is 9.11. The van der Waals surface area contributed by atoms with Crippen molar-refractivity contribution >= 4 is 37.6 Å². The molecule has 0 saturated heterocycles. The van der Waals surface area contributed by atoms with Gasteiger partial charge in [-0.3, -0.25) is 4.79 Å². The standard InChI is InChI=1S/C17H14Br2O2/c1-17(2)9-11-7-10(3-6-15(11)21-17)16(20)13-5-4-12(18)8-14(13)19/h3-8H,9H2,1-2H3. The number of hydrogen-bond donors (Lipinski definition) is 0. The van der Waals surface area contributed by atoms with E-state index in [1.807, 2.05) is 36.4 Å². The lowest BCUT2D eigenvalue weighted by Crippen LogP contribution is -2.24. The maximum Gasteiger partial charge on any atom is 0.194 e. The molecule has 0 aromatic heterocycles. The second-order valence-electron chi connectivity index (χ2n) is 5.81. The van der Waals surface area contributed by atoms with Crippen LogP contribution in [0.15, 0.2) is 45.3 Å². The molecule has 2 aromatic rings. The van der Waals surface area contributed by atoms with Crippen LogP contribution in [-0.4, -0.2) is 11.4 Å². The van der Waals surface area contributed by atoms with Crippen LogP contribution >= 0.6 is 31.9 Å². The Balaban J connectivity index is 1.97. The number of ketones is 1. The SMILES string of the molecule is CC1(C)Cc2cc(C(=O)c3ccc(Br)cc3Br)ccc2O1. The van der Waals surface area contributed by atoms with Gasteiger partial charge in [0.15, 0.2) is 5.78 Å². The summed E-state index contributed by atoms with van der Waals surface area (Å²) < 4.78 is 7.58. The maximum absolute atomic E-state index is 12.7. The van der Waals surface area contributed by atoms with Crippen molar-refractivity contribution in [2.24, 2.45) is 0 Å². The molecule has 0 bridgehead atoms. The molecular formula is C17H14Br2O2. The zero-order chi connectivity index (χ0) is 15.2. The van der Waals surface area contributed by atoms with Gasteiger partial charge in [-0.25, -0.2) is 0 Å². The van der Waals surface area contributed by atoms with Crippen LogP contribution in [0.3, 0.4) is 0 Å². The first kappa shape index (κ1) is 14.8. The van der Waals surface area contributed by atoms with Crippen molar-refractivity contribution in [3.8, 4) is 5.75 Å². The molecule has 1 heterocycles. The van der Waals surface area contributed by atoms with Gasteiger partial charge < -0.3 is 4.74 Å². The van der Waals surface area contributed by atoms with Crippen LogP contribution < -0.4 is 4.74 Å². The summed E-state index contributed by atoms with van der Waals surface area (Å²) in [7, 11) is 0. The number of fused-ring (bicyclic) bond motifs is 1. The fourth-order valence-corrected chi connectivity index (χ4v) is 3.81. The normalized spacial score (nSPS) is 15.4. The third kappa shape index (κ3) is 2.92. The van der Waals surface area contributed by atoms with Gasteiger partial charge in [-0.1, -0.05) is 15.9 Å². The summed E-state index contributed by atoms with van der Waals surface area (Å²) in [6.07, 6.45) is 0.824. The summed E-state index contributed by atoms with van der Waals surface area (Å²) in [5, 5.41) is 0. The first-order chi connectivity index (χ1) is 9.85. The van der Waals surface area contributed by atoms with Crippen LogP contribution in [0.5, 0.6) is 5.75 Å². The van der Waals surface area contributed by atoms with Crippen LogP contribution in [0, 0.1) is 0 Å². The first-order valence-corrected chi connectivity index (χ1v) is 8.26. The molecule has 4 heteroatoms. The molecule has 0 fully saturated rings. The van der Waals surface area contributed by atoms with Crippen LogP contribution in [0.4, 0.5) is 0 Å². The van der Waals surface area contributed by atoms with Gasteiger partial charge in [-0.2, -0.15) is 0 Å². The molecule has 2 nitrogen and oxygen atoms in total. The zero-order valence-corrected chi connectivity index (χ0v) is 14.9. The summed E-state index contributed by atoms with van der Waals surface area (Å²) in [6, 6.07) is 11.2. The molecule has 1 aliphatic rings. The number of carbonyl (C=O) groups is 1. The second kappa shape index (κ2) is 5.25. The molecule has 2 aromatic carbocycles. The Labute approximate surface area is 140 Å². The number of benzene rings is 2. The predicted molar refractivity (Wildman–Crippen MR) is 90.1 cm³/mol. The Morgan fingerprint density at radius 1 is 1.14 bits per heavy atom. The summed E-state index contributed by atoms with van der Waals surface area (Å²) in [4.78, 5) is 12.7. The molecule has 0 aliphatic carbocycles. The van der Waals surface area contributed by atoms with Crippen LogP contribution in [0.25, 0.3) is 0 Å². The van der Waals surface area contributed by atoms with Crippen LogP contribution in [-0.2, 0) is 6.42 Å². The molecule has 0 N–H and O–H groups in total. The maximum atomic E-state index is 12.7. The molecule has 0 radical (unpaired) electrons. The van der Waals surface area contributed by atoms with Gasteiger partial charge in [0, 0.05) is 26.5 Å². The number of halogens is 2. The van der Waals surface area contributed by atoms with Crippen molar-refractivity contribution in [3.05, 3.63) is 62.0 Å². The molecule has 21 heavy (non-hydrogen) atoms. The molecule has 0 spiro atoms. The second-order valence-corrected chi connectivity index (χ2v) is 7.58. The van der Waals surface area contributed by atoms with Crippen molar-refractivity contribution in [1.29, 1.82) is 0 Å². The highest BCUT2D eigenvalue weighted by Gasteiger charge is 2.30. The van der Waals surface area contributed by atoms with Gasteiger partial charge in [-0.05, 0) is 71.7 Å². The van der Waals surface area contributed by atoms with E-state index in [1.165, 1.54) is 0 Å². The average molecular weight is 410 g/mol. The van der Waals surface area contributed by atoms with Crippen molar-refractivity contribution in [1.82, 2.24) is 0 Å². The lowest BCUT2D eigenvalue weighted by molar-refractivity contribution is 0.103. The van der Waals surface area contributed by atoms with E-state index >= 15 is 0 Å². The van der Waals surface area contributed by atoms with E-state index in [2.05, 4.69) is 45.7 Å². The largest absolute Gasteiger partial charge is 0.487 e. The average Bonchev–Trinajstić information content (AvgIpc) is 2.70. The monoisotopic (exact) mass is 408 g/mol. The highest BCUT2D eigenvalue weighted by Crippen LogP contribution is 2.36. The minimum Gasteiger partial charge on any atom is -0.487 e. The lowest BCUT2D eigenvalue weighted by Gasteiger charge is -2.16. The van der Waals surface area contributed by atoms with E-state index in [4.69, 9.17) is 4.74 Å². The van der Waals surface area contributed by atoms with E-state index in [0.29, 0.717) is 11.1 Å². The summed E-state index contributed by atoms with van der Waals surface area (Å²) in [6.45, 7) is 4.11. The Kier molecular flexibility index (Phi) is 3.70. The Morgan fingerprint density at radius 3 is 2.62 bits per heavy atom. The van der Waals surface area contributed by atoms with Crippen molar-refractivity contribution in [3.63, 3.8) is 0 Å². The minimum absolute atomic E-state index is 0.0156. The molecule has 1 aliphatic heterocycles. The minimum atomic E-state index is -0.192. The quantitative estimate of drug-likeness (QED) is 0.640. The van der Waals surface area contributed by atoms with Gasteiger partial charge in [0.05, 0.1) is 0 Å². The number of carbonyl (C=O) groups excluding carboxylic acids is 1. The van der Waals surface area contributed by atoms with Crippen molar-refractivity contribution in [2.45, 2.75) is 25.9 Å². The Hall–Kier alpha value is -1.13. The van der Waals surface area contributed by atoms with E-state index in [0.717, 1.165) is 26.7 Å². The van der Waals surface area contributed by atoms with E-state index in [9.17, 15) is 4.79 Å². The van der Waals surface area contributed by atoms with Gasteiger partial charge >= 0.3 is 0 Å². The van der Waals surface area contributed by atoms with Crippen LogP contribution in [0.2, 0.25) is 0 Å². The molecule has 108 valence electrons. The number of hydrogen-bond acceptors (Lipinski definition) is 2. The number of rotatable bonds is 2. The van der Waals surface area contributed by atoms with Crippen molar-refractivity contribution < 1.29 is 9.53 Å². The summed E-state index contributed by atoms with van der Waals surface area (Å²) in [5.74, 6) is 0.897. The smallest absolute Gasteiger partial charge is 0.194 e. The van der Waals surface area contributed by atoms with Gasteiger partial charge in [0.1, 0.15) is 11.4 Å². The zero-order valence-electron chi connectivity index (χ0n) is 11.7. The molecular weight excluding hydrogens is 396 g/mol. The molecule has 0 unspecified atom stereocenters. The third-order valence-corrected chi connectivity index (χ3v) is 4.65. The van der Waals surface area contributed by atoms with Gasteiger partial charge in [0.2, 0.25) is 0 Å². The lowest BCUT2D eigenvalue weighted by atomic mass is 9.97. The highest BCUT2D eigenvalue weighted by atomic mass is 79.9. The summed E-state index contributed by atoms with van der Waals surface area (Å²) in [5.41, 5.74) is 2.26. The predicted octanol–water partition coefficient (Wildman–Crippen LogP) is 5.16. The van der Waals surface area contributed by atoms with Crippen LogP contribution in [0.1, 0.15) is 35.3 Å². The van der Waals surface area contributed by atoms with E-state index < -0.39 is 0 Å². The third-order valence-electron chi connectivity index (χ3n) is 3.50. The Bertz CT molecular complexity index is 736. The van der Waals surface area contributed by atoms with Crippen molar-refractivity contribution in [2.75, 3.05) is 0 Å². The molecule has 3 rings (SSSR count). The fourth-order valence-electron chi connectivity index (χ4n) is 2.58. The van der Waals surface area contributed by atoms with E-state index in [1.54, 1.807) is 0 Å².